The molecule has 2 rings (SSSR count). The van der Waals surface area contributed by atoms with E-state index in [1.165, 1.54) is 12.1 Å². The molecule has 1 aromatic carbocycles. The van der Waals surface area contributed by atoms with Gasteiger partial charge in [-0.15, -0.1) is 11.3 Å². The van der Waals surface area contributed by atoms with Crippen molar-refractivity contribution in [3.8, 4) is 0 Å². The summed E-state index contributed by atoms with van der Waals surface area (Å²) in [5.74, 6) is 0. The first-order chi connectivity index (χ1) is 8.38. The molecule has 0 saturated heterocycles. The van der Waals surface area contributed by atoms with Crippen molar-refractivity contribution in [3.05, 3.63) is 39.0 Å². The fourth-order valence-corrected chi connectivity index (χ4v) is 4.52. The van der Waals surface area contributed by atoms with Crippen LogP contribution in [-0.2, 0) is 10.0 Å². The standard InChI is InChI=1S/C10H8Cl2N2O2S2/c11-9-5-8(10(12)17-9)18(15,16)14-7-3-1-2-6(13)4-7/h1-5,14H,13H2. The zero-order valence-electron chi connectivity index (χ0n) is 8.85. The van der Waals surface area contributed by atoms with Crippen LogP contribution in [0.5, 0.6) is 0 Å². The number of nitrogens with one attached hydrogen (secondary N) is 1. The molecule has 0 spiro atoms. The number of hydrogen-bond donors (Lipinski definition) is 2. The van der Waals surface area contributed by atoms with Crippen LogP contribution in [-0.4, -0.2) is 8.42 Å². The average molecular weight is 323 g/mol. The van der Waals surface area contributed by atoms with Crippen molar-refractivity contribution in [2.75, 3.05) is 10.5 Å². The first-order valence-corrected chi connectivity index (χ1v) is 7.77. The SMILES string of the molecule is Nc1cccc(NS(=O)(=O)c2cc(Cl)sc2Cl)c1. The Hall–Kier alpha value is -0.950. The first kappa shape index (κ1) is 13.5. The van der Waals surface area contributed by atoms with Gasteiger partial charge in [0.15, 0.2) is 0 Å². The Morgan fingerprint density at radius 1 is 1.22 bits per heavy atom. The van der Waals surface area contributed by atoms with Crippen molar-refractivity contribution >= 4 is 55.9 Å². The highest BCUT2D eigenvalue weighted by Gasteiger charge is 2.21. The van der Waals surface area contributed by atoms with Crippen molar-refractivity contribution < 1.29 is 8.42 Å². The van der Waals surface area contributed by atoms with Crippen LogP contribution in [0.3, 0.4) is 0 Å². The smallest absolute Gasteiger partial charge is 0.264 e. The van der Waals surface area contributed by atoms with E-state index >= 15 is 0 Å². The average Bonchev–Trinajstić information content (AvgIpc) is 2.58. The Morgan fingerprint density at radius 3 is 2.50 bits per heavy atom. The third-order valence-electron chi connectivity index (χ3n) is 2.05. The van der Waals surface area contributed by atoms with E-state index in [0.29, 0.717) is 15.7 Å². The highest BCUT2D eigenvalue weighted by Crippen LogP contribution is 2.35. The number of benzene rings is 1. The van der Waals surface area contributed by atoms with Gasteiger partial charge in [0.25, 0.3) is 10.0 Å². The normalized spacial score (nSPS) is 11.4. The van der Waals surface area contributed by atoms with E-state index in [9.17, 15) is 8.42 Å². The molecule has 1 aromatic heterocycles. The van der Waals surface area contributed by atoms with Gasteiger partial charge in [0, 0.05) is 5.69 Å². The van der Waals surface area contributed by atoms with Gasteiger partial charge in [0.1, 0.15) is 9.23 Å². The zero-order chi connectivity index (χ0) is 13.3. The summed E-state index contributed by atoms with van der Waals surface area (Å²) in [5, 5.41) is 0. The summed E-state index contributed by atoms with van der Waals surface area (Å²) in [5.41, 5.74) is 6.40. The molecule has 2 aromatic rings. The van der Waals surface area contributed by atoms with Crippen LogP contribution in [0.2, 0.25) is 8.67 Å². The predicted molar refractivity (Wildman–Crippen MR) is 76.0 cm³/mol. The van der Waals surface area contributed by atoms with Crippen molar-refractivity contribution in [2.45, 2.75) is 4.90 Å². The number of thiophene rings is 1. The molecule has 0 unspecified atom stereocenters. The molecule has 96 valence electrons. The van der Waals surface area contributed by atoms with Gasteiger partial charge >= 0.3 is 0 Å². The van der Waals surface area contributed by atoms with E-state index in [1.807, 2.05) is 0 Å². The molecule has 1 heterocycles. The summed E-state index contributed by atoms with van der Waals surface area (Å²) < 4.78 is 26.9. The van der Waals surface area contributed by atoms with E-state index in [0.717, 1.165) is 11.3 Å². The third-order valence-corrected chi connectivity index (χ3v) is 5.19. The number of hydrogen-bond acceptors (Lipinski definition) is 4. The molecule has 0 aliphatic heterocycles. The van der Waals surface area contributed by atoms with E-state index in [-0.39, 0.29) is 9.23 Å². The Morgan fingerprint density at radius 2 is 1.94 bits per heavy atom. The topological polar surface area (TPSA) is 72.2 Å². The summed E-state index contributed by atoms with van der Waals surface area (Å²) in [6.07, 6.45) is 0. The van der Waals surface area contributed by atoms with Gasteiger partial charge in [-0.25, -0.2) is 8.42 Å². The maximum Gasteiger partial charge on any atom is 0.264 e. The lowest BCUT2D eigenvalue weighted by atomic mass is 10.3. The maximum absolute atomic E-state index is 12.1. The summed E-state index contributed by atoms with van der Waals surface area (Å²) in [6.45, 7) is 0. The van der Waals surface area contributed by atoms with Gasteiger partial charge in [0.05, 0.1) is 10.0 Å². The molecule has 8 heteroatoms. The molecule has 0 aliphatic carbocycles. The molecule has 3 N–H and O–H groups in total. The molecule has 0 amide bonds. The lowest BCUT2D eigenvalue weighted by Crippen LogP contribution is -2.12. The maximum atomic E-state index is 12.1. The van der Waals surface area contributed by atoms with Crippen molar-refractivity contribution in [1.29, 1.82) is 0 Å². The minimum atomic E-state index is -3.75. The fourth-order valence-electron chi connectivity index (χ4n) is 1.32. The molecule has 0 fully saturated rings. The second-order valence-electron chi connectivity index (χ2n) is 3.42. The van der Waals surface area contributed by atoms with E-state index < -0.39 is 10.0 Å². The first-order valence-electron chi connectivity index (χ1n) is 4.72. The van der Waals surface area contributed by atoms with Crippen LogP contribution < -0.4 is 10.5 Å². The largest absolute Gasteiger partial charge is 0.399 e. The van der Waals surface area contributed by atoms with Crippen LogP contribution in [0.25, 0.3) is 0 Å². The monoisotopic (exact) mass is 322 g/mol. The number of halogens is 2. The molecular weight excluding hydrogens is 315 g/mol. The van der Waals surface area contributed by atoms with Gasteiger partial charge in [-0.05, 0) is 24.3 Å². The second-order valence-corrected chi connectivity index (χ2v) is 7.36. The Kier molecular flexibility index (Phi) is 3.72. The molecule has 0 aliphatic rings. The summed E-state index contributed by atoms with van der Waals surface area (Å²) >= 11 is 12.5. The molecule has 0 bridgehead atoms. The van der Waals surface area contributed by atoms with Gasteiger partial charge in [-0.2, -0.15) is 0 Å². The van der Waals surface area contributed by atoms with E-state index in [4.69, 9.17) is 28.9 Å². The number of sulfonamides is 1. The quantitative estimate of drug-likeness (QED) is 0.850. The Labute approximate surface area is 118 Å². The molecule has 0 radical (unpaired) electrons. The number of rotatable bonds is 3. The minimum absolute atomic E-state index is 0.0402. The highest BCUT2D eigenvalue weighted by atomic mass is 35.5. The predicted octanol–water partition coefficient (Wildman–Crippen LogP) is 3.44. The van der Waals surface area contributed by atoms with E-state index in [1.54, 1.807) is 18.2 Å². The molecule has 18 heavy (non-hydrogen) atoms. The third kappa shape index (κ3) is 2.89. The summed E-state index contributed by atoms with van der Waals surface area (Å²) in [7, 11) is -3.75. The Bertz CT molecular complexity index is 683. The summed E-state index contributed by atoms with van der Waals surface area (Å²) in [6, 6.07) is 7.72. The number of anilines is 2. The van der Waals surface area contributed by atoms with Gasteiger partial charge in [0.2, 0.25) is 0 Å². The highest BCUT2D eigenvalue weighted by molar-refractivity contribution is 7.93. The Balaban J connectivity index is 2.36. The van der Waals surface area contributed by atoms with Crippen molar-refractivity contribution in [1.82, 2.24) is 0 Å². The molecule has 4 nitrogen and oxygen atoms in total. The lowest BCUT2D eigenvalue weighted by molar-refractivity contribution is 0.601. The number of nitrogens with two attached hydrogens (primary N) is 1. The molecule has 0 atom stereocenters. The van der Waals surface area contributed by atoms with Crippen LogP contribution in [0.15, 0.2) is 35.2 Å². The van der Waals surface area contributed by atoms with Crippen molar-refractivity contribution in [2.24, 2.45) is 0 Å². The minimum Gasteiger partial charge on any atom is -0.399 e. The van der Waals surface area contributed by atoms with E-state index in [2.05, 4.69) is 4.72 Å². The second kappa shape index (κ2) is 4.97. The van der Waals surface area contributed by atoms with Gasteiger partial charge in [-0.1, -0.05) is 29.3 Å². The molecule has 0 saturated carbocycles. The molecular formula is C10H8Cl2N2O2S2. The lowest BCUT2D eigenvalue weighted by Gasteiger charge is -2.07. The van der Waals surface area contributed by atoms with Gasteiger partial charge in [-0.3, -0.25) is 4.72 Å². The van der Waals surface area contributed by atoms with Crippen LogP contribution in [0, 0.1) is 0 Å². The fraction of sp³-hybridized carbons (Fsp3) is 0. The van der Waals surface area contributed by atoms with Gasteiger partial charge < -0.3 is 5.73 Å². The number of nitrogen functional groups attached to an aromatic ring is 1. The van der Waals surface area contributed by atoms with Crippen molar-refractivity contribution in [3.63, 3.8) is 0 Å². The van der Waals surface area contributed by atoms with Crippen LogP contribution >= 0.6 is 34.5 Å². The summed E-state index contributed by atoms with van der Waals surface area (Å²) in [4.78, 5) is -0.0402. The van der Waals surface area contributed by atoms with Crippen LogP contribution in [0.4, 0.5) is 11.4 Å². The zero-order valence-corrected chi connectivity index (χ0v) is 12.0. The van der Waals surface area contributed by atoms with Crippen LogP contribution in [0.1, 0.15) is 0 Å².